The molecule has 1 aromatic heterocycles. The summed E-state index contributed by atoms with van der Waals surface area (Å²) in [5.74, 6) is 1.08. The van der Waals surface area contributed by atoms with Crippen LogP contribution < -0.4 is 0 Å². The number of nitrogens with zero attached hydrogens (tertiary/aromatic N) is 2. The molecule has 0 amide bonds. The molecule has 0 fully saturated rings. The first-order chi connectivity index (χ1) is 21.8. The maximum absolute atomic E-state index is 4.90. The summed E-state index contributed by atoms with van der Waals surface area (Å²) in [6.45, 7) is 2.17. The fraction of sp³-hybridized carbons (Fsp3) is 0.0714. The first kappa shape index (κ1) is 26.2. The number of hydrogen-bond acceptors (Lipinski definition) is 1. The molecule has 44 heavy (non-hydrogen) atoms. The van der Waals surface area contributed by atoms with Gasteiger partial charge in [-0.3, -0.25) is 4.57 Å². The Kier molecular flexibility index (Phi) is 6.53. The van der Waals surface area contributed by atoms with E-state index in [2.05, 4.69) is 163 Å². The molecule has 2 heteroatoms. The molecule has 0 bridgehead atoms. The molecule has 0 N–H and O–H groups in total. The SMILES string of the molecule is CCc1nc2ccccc2n1-c1ccc(-c2c3ccccc3c(-c3ccc(Cc4ccccc4)cc3)c3ccccc23)cc1. The van der Waals surface area contributed by atoms with Crippen LogP contribution in [0, 0.1) is 0 Å². The summed E-state index contributed by atoms with van der Waals surface area (Å²) in [6.07, 6.45) is 1.81. The van der Waals surface area contributed by atoms with E-state index in [0.717, 1.165) is 35.4 Å². The fourth-order valence-electron chi connectivity index (χ4n) is 6.75. The summed E-state index contributed by atoms with van der Waals surface area (Å²) < 4.78 is 2.29. The summed E-state index contributed by atoms with van der Waals surface area (Å²) in [5, 5.41) is 5.08. The summed E-state index contributed by atoms with van der Waals surface area (Å²) in [7, 11) is 0. The van der Waals surface area contributed by atoms with Crippen molar-refractivity contribution in [3.05, 3.63) is 169 Å². The van der Waals surface area contributed by atoms with Gasteiger partial charge in [-0.25, -0.2) is 4.98 Å². The highest BCUT2D eigenvalue weighted by atomic mass is 15.1. The standard InChI is InChI=1S/C42H32N2/c1-2-40-43-38-18-10-11-19-39(38)44(40)33-26-24-32(25-27-33)42-36-16-8-6-14-34(36)41(35-15-7-9-17-37(35)42)31-22-20-30(21-23-31)28-29-12-4-3-5-13-29/h3-27H,2,28H2,1H3. The Morgan fingerprint density at radius 1 is 0.477 bits per heavy atom. The Morgan fingerprint density at radius 2 is 0.955 bits per heavy atom. The zero-order valence-corrected chi connectivity index (χ0v) is 24.7. The molecule has 0 atom stereocenters. The van der Waals surface area contributed by atoms with Gasteiger partial charge in [-0.1, -0.05) is 134 Å². The highest BCUT2D eigenvalue weighted by Crippen LogP contribution is 2.43. The number of rotatable bonds is 6. The van der Waals surface area contributed by atoms with Gasteiger partial charge < -0.3 is 0 Å². The van der Waals surface area contributed by atoms with E-state index in [1.807, 2.05) is 0 Å². The van der Waals surface area contributed by atoms with E-state index in [-0.39, 0.29) is 0 Å². The molecule has 0 spiro atoms. The highest BCUT2D eigenvalue weighted by molar-refractivity contribution is 6.21. The molecule has 0 saturated carbocycles. The molecule has 210 valence electrons. The van der Waals surface area contributed by atoms with Crippen LogP contribution in [0.25, 0.3) is 60.5 Å². The van der Waals surface area contributed by atoms with Crippen LogP contribution in [0.1, 0.15) is 23.9 Å². The van der Waals surface area contributed by atoms with Gasteiger partial charge in [-0.2, -0.15) is 0 Å². The Morgan fingerprint density at radius 3 is 1.52 bits per heavy atom. The van der Waals surface area contributed by atoms with E-state index in [4.69, 9.17) is 4.98 Å². The largest absolute Gasteiger partial charge is 0.296 e. The van der Waals surface area contributed by atoms with Gasteiger partial charge in [0.05, 0.1) is 11.0 Å². The Labute approximate surface area is 257 Å². The molecule has 7 aromatic carbocycles. The van der Waals surface area contributed by atoms with Gasteiger partial charge in [0, 0.05) is 12.1 Å². The van der Waals surface area contributed by atoms with E-state index in [1.165, 1.54) is 54.9 Å². The monoisotopic (exact) mass is 564 g/mol. The van der Waals surface area contributed by atoms with Crippen LogP contribution in [0.5, 0.6) is 0 Å². The molecular weight excluding hydrogens is 532 g/mol. The minimum atomic E-state index is 0.875. The second-order valence-electron chi connectivity index (χ2n) is 11.5. The van der Waals surface area contributed by atoms with Gasteiger partial charge in [0.25, 0.3) is 0 Å². The van der Waals surface area contributed by atoms with Crippen LogP contribution in [0.4, 0.5) is 0 Å². The van der Waals surface area contributed by atoms with Crippen molar-refractivity contribution in [2.45, 2.75) is 19.8 Å². The Hall–Kier alpha value is -5.47. The Balaban J connectivity index is 1.26. The van der Waals surface area contributed by atoms with Gasteiger partial charge in [0.15, 0.2) is 0 Å². The van der Waals surface area contributed by atoms with Crippen molar-refractivity contribution in [1.82, 2.24) is 9.55 Å². The normalized spacial score (nSPS) is 11.5. The number of benzene rings is 7. The zero-order valence-electron chi connectivity index (χ0n) is 24.7. The third-order valence-electron chi connectivity index (χ3n) is 8.79. The van der Waals surface area contributed by atoms with Gasteiger partial charge in [0.1, 0.15) is 5.82 Å². The van der Waals surface area contributed by atoms with Gasteiger partial charge in [-0.05, 0) is 85.6 Å². The summed E-state index contributed by atoms with van der Waals surface area (Å²) in [6, 6.07) is 55.0. The average molecular weight is 565 g/mol. The van der Waals surface area contributed by atoms with Crippen LogP contribution in [-0.4, -0.2) is 9.55 Å². The quantitative estimate of drug-likeness (QED) is 0.184. The molecule has 8 rings (SSSR count). The second-order valence-corrected chi connectivity index (χ2v) is 11.5. The maximum atomic E-state index is 4.90. The third-order valence-corrected chi connectivity index (χ3v) is 8.79. The topological polar surface area (TPSA) is 17.8 Å². The zero-order chi connectivity index (χ0) is 29.5. The van der Waals surface area contributed by atoms with E-state index in [0.29, 0.717) is 0 Å². The maximum Gasteiger partial charge on any atom is 0.114 e. The molecule has 2 nitrogen and oxygen atoms in total. The van der Waals surface area contributed by atoms with E-state index in [1.54, 1.807) is 0 Å². The van der Waals surface area contributed by atoms with Crippen molar-refractivity contribution >= 4 is 32.6 Å². The van der Waals surface area contributed by atoms with Crippen molar-refractivity contribution in [2.75, 3.05) is 0 Å². The summed E-state index contributed by atoms with van der Waals surface area (Å²) in [4.78, 5) is 4.90. The Bertz CT molecular complexity index is 2200. The van der Waals surface area contributed by atoms with Crippen molar-refractivity contribution in [1.29, 1.82) is 0 Å². The van der Waals surface area contributed by atoms with Crippen molar-refractivity contribution in [3.8, 4) is 27.9 Å². The predicted octanol–water partition coefficient (Wildman–Crippen LogP) is 10.8. The minimum Gasteiger partial charge on any atom is -0.296 e. The van der Waals surface area contributed by atoms with Crippen LogP contribution in [0.2, 0.25) is 0 Å². The first-order valence-electron chi connectivity index (χ1n) is 15.4. The predicted molar refractivity (Wildman–Crippen MR) is 186 cm³/mol. The molecular formula is C42H32N2. The lowest BCUT2D eigenvalue weighted by molar-refractivity contribution is 0.908. The molecule has 0 saturated heterocycles. The lowest BCUT2D eigenvalue weighted by atomic mass is 9.85. The summed E-state index contributed by atoms with van der Waals surface area (Å²) in [5.41, 5.74) is 11.0. The number of fused-ring (bicyclic) bond motifs is 3. The lowest BCUT2D eigenvalue weighted by Crippen LogP contribution is -2.00. The van der Waals surface area contributed by atoms with Gasteiger partial charge in [0.2, 0.25) is 0 Å². The number of aromatic nitrogens is 2. The molecule has 0 aliphatic heterocycles. The second kappa shape index (κ2) is 11.0. The van der Waals surface area contributed by atoms with E-state index in [9.17, 15) is 0 Å². The lowest BCUT2D eigenvalue weighted by Gasteiger charge is -2.18. The highest BCUT2D eigenvalue weighted by Gasteiger charge is 2.17. The first-order valence-corrected chi connectivity index (χ1v) is 15.4. The average Bonchev–Trinajstić information content (AvgIpc) is 3.47. The van der Waals surface area contributed by atoms with Gasteiger partial charge in [-0.15, -0.1) is 0 Å². The summed E-state index contributed by atoms with van der Waals surface area (Å²) >= 11 is 0. The third kappa shape index (κ3) is 4.47. The molecule has 0 aliphatic carbocycles. The number of imidazole rings is 1. The van der Waals surface area contributed by atoms with Gasteiger partial charge >= 0.3 is 0 Å². The molecule has 0 aliphatic rings. The molecule has 1 heterocycles. The van der Waals surface area contributed by atoms with Crippen LogP contribution in [0.3, 0.4) is 0 Å². The smallest absolute Gasteiger partial charge is 0.114 e. The van der Waals surface area contributed by atoms with Crippen LogP contribution in [-0.2, 0) is 12.8 Å². The minimum absolute atomic E-state index is 0.875. The van der Waals surface area contributed by atoms with Crippen LogP contribution in [0.15, 0.2) is 152 Å². The number of para-hydroxylation sites is 2. The molecule has 0 radical (unpaired) electrons. The van der Waals surface area contributed by atoms with Crippen LogP contribution >= 0.6 is 0 Å². The van der Waals surface area contributed by atoms with E-state index >= 15 is 0 Å². The van der Waals surface area contributed by atoms with Crippen molar-refractivity contribution in [2.24, 2.45) is 0 Å². The van der Waals surface area contributed by atoms with Crippen molar-refractivity contribution < 1.29 is 0 Å². The number of aryl methyl sites for hydroxylation is 1. The fourth-order valence-corrected chi connectivity index (χ4v) is 6.75. The van der Waals surface area contributed by atoms with E-state index < -0.39 is 0 Å². The molecule has 8 aromatic rings. The molecule has 0 unspecified atom stereocenters. The number of hydrogen-bond donors (Lipinski definition) is 0. The van der Waals surface area contributed by atoms with Crippen molar-refractivity contribution in [3.63, 3.8) is 0 Å².